The zero-order valence-corrected chi connectivity index (χ0v) is 13.9. The van der Waals surface area contributed by atoms with Crippen LogP contribution >= 0.6 is 0 Å². The van der Waals surface area contributed by atoms with Gasteiger partial charge in [0.05, 0.1) is 6.20 Å². The average Bonchev–Trinajstić information content (AvgIpc) is 2.53. The van der Waals surface area contributed by atoms with Crippen LogP contribution in [0, 0.1) is 0 Å². The minimum atomic E-state index is -0.272. The molecular formula is C17H29N3O2. The molecule has 0 unspecified atom stereocenters. The van der Waals surface area contributed by atoms with Crippen molar-refractivity contribution in [1.29, 1.82) is 0 Å². The maximum atomic E-state index is 11.8. The monoisotopic (exact) mass is 307 g/mol. The first-order chi connectivity index (χ1) is 10.6. The van der Waals surface area contributed by atoms with E-state index in [1.807, 2.05) is 4.57 Å². The van der Waals surface area contributed by atoms with E-state index in [2.05, 4.69) is 23.6 Å². The normalized spacial score (nSPS) is 16.3. The number of aromatic hydroxyl groups is 1. The van der Waals surface area contributed by atoms with E-state index in [4.69, 9.17) is 0 Å². The van der Waals surface area contributed by atoms with Crippen molar-refractivity contribution < 1.29 is 5.11 Å². The zero-order valence-electron chi connectivity index (χ0n) is 13.9. The van der Waals surface area contributed by atoms with E-state index in [0.29, 0.717) is 0 Å². The highest BCUT2D eigenvalue weighted by atomic mass is 16.3. The molecule has 2 rings (SSSR count). The van der Waals surface area contributed by atoms with Crippen molar-refractivity contribution >= 4 is 0 Å². The Morgan fingerprint density at radius 3 is 2.50 bits per heavy atom. The lowest BCUT2D eigenvalue weighted by molar-refractivity contribution is 0.213. The second kappa shape index (κ2) is 8.34. The SMILES string of the molecule is CCN(CC)CCn1cc(O)c(=O)cc1CN1CCCCC1. The molecule has 1 saturated heterocycles. The molecule has 1 aromatic rings. The number of likely N-dealkylation sites (tertiary alicyclic amines) is 1. The molecule has 0 spiro atoms. The number of pyridine rings is 1. The number of aromatic nitrogens is 1. The van der Waals surface area contributed by atoms with E-state index >= 15 is 0 Å². The fourth-order valence-corrected chi connectivity index (χ4v) is 3.08. The van der Waals surface area contributed by atoms with Gasteiger partial charge in [0.2, 0.25) is 5.43 Å². The largest absolute Gasteiger partial charge is 0.503 e. The molecule has 5 heteroatoms. The number of piperidine rings is 1. The van der Waals surface area contributed by atoms with Gasteiger partial charge in [0.1, 0.15) is 0 Å². The first-order valence-electron chi connectivity index (χ1n) is 8.51. The molecule has 1 aromatic heterocycles. The van der Waals surface area contributed by atoms with Crippen LogP contribution in [0.4, 0.5) is 0 Å². The number of nitrogens with zero attached hydrogens (tertiary/aromatic N) is 3. The molecule has 22 heavy (non-hydrogen) atoms. The van der Waals surface area contributed by atoms with Crippen molar-refractivity contribution in [3.63, 3.8) is 0 Å². The number of rotatable bonds is 7. The molecule has 0 bridgehead atoms. The van der Waals surface area contributed by atoms with Gasteiger partial charge < -0.3 is 14.6 Å². The van der Waals surface area contributed by atoms with Gasteiger partial charge in [-0.05, 0) is 39.0 Å². The van der Waals surface area contributed by atoms with E-state index < -0.39 is 0 Å². The van der Waals surface area contributed by atoms with Crippen LogP contribution in [0.15, 0.2) is 17.1 Å². The Hall–Kier alpha value is -1.33. The van der Waals surface area contributed by atoms with Crippen LogP contribution in [0.25, 0.3) is 0 Å². The molecule has 1 aliphatic heterocycles. The second-order valence-electron chi connectivity index (χ2n) is 6.07. The lowest BCUT2D eigenvalue weighted by Crippen LogP contribution is -2.32. The minimum Gasteiger partial charge on any atom is -0.503 e. The highest BCUT2D eigenvalue weighted by molar-refractivity contribution is 5.20. The zero-order chi connectivity index (χ0) is 15.9. The predicted octanol–water partition coefficient (Wildman–Crippen LogP) is 1.88. The van der Waals surface area contributed by atoms with Crippen LogP contribution in [-0.4, -0.2) is 52.2 Å². The highest BCUT2D eigenvalue weighted by Gasteiger charge is 2.14. The Labute approximate surface area is 133 Å². The number of hydrogen-bond acceptors (Lipinski definition) is 4. The maximum Gasteiger partial charge on any atom is 0.223 e. The van der Waals surface area contributed by atoms with Gasteiger partial charge in [-0.15, -0.1) is 0 Å². The summed E-state index contributed by atoms with van der Waals surface area (Å²) in [6.07, 6.45) is 5.38. The fraction of sp³-hybridized carbons (Fsp3) is 0.706. The summed E-state index contributed by atoms with van der Waals surface area (Å²) in [4.78, 5) is 16.5. The summed E-state index contributed by atoms with van der Waals surface area (Å²) in [5.74, 6) is -0.151. The summed E-state index contributed by atoms with van der Waals surface area (Å²) in [6.45, 7) is 11.1. The van der Waals surface area contributed by atoms with Gasteiger partial charge in [0.25, 0.3) is 0 Å². The summed E-state index contributed by atoms with van der Waals surface area (Å²) in [6, 6.07) is 1.60. The van der Waals surface area contributed by atoms with Crippen molar-refractivity contribution in [2.24, 2.45) is 0 Å². The Morgan fingerprint density at radius 2 is 1.86 bits per heavy atom. The Kier molecular flexibility index (Phi) is 6.46. The van der Waals surface area contributed by atoms with Gasteiger partial charge >= 0.3 is 0 Å². The Morgan fingerprint density at radius 1 is 1.18 bits per heavy atom. The Bertz CT molecular complexity index is 517. The van der Waals surface area contributed by atoms with Crippen LogP contribution in [-0.2, 0) is 13.1 Å². The van der Waals surface area contributed by atoms with Crippen LogP contribution in [0.5, 0.6) is 5.75 Å². The lowest BCUT2D eigenvalue weighted by atomic mass is 10.1. The molecule has 0 aromatic carbocycles. The minimum absolute atomic E-state index is 0.151. The molecular weight excluding hydrogens is 278 g/mol. The quantitative estimate of drug-likeness (QED) is 0.835. The van der Waals surface area contributed by atoms with Crippen molar-refractivity contribution in [2.45, 2.75) is 46.2 Å². The van der Waals surface area contributed by atoms with E-state index in [9.17, 15) is 9.90 Å². The van der Waals surface area contributed by atoms with E-state index in [-0.39, 0.29) is 11.2 Å². The molecule has 5 nitrogen and oxygen atoms in total. The molecule has 1 fully saturated rings. The first-order valence-corrected chi connectivity index (χ1v) is 8.51. The third kappa shape index (κ3) is 4.58. The molecule has 1 aliphatic rings. The topological polar surface area (TPSA) is 48.7 Å². The fourth-order valence-electron chi connectivity index (χ4n) is 3.08. The standard InChI is InChI=1S/C17H29N3O2/c1-3-18(4-2)10-11-20-14-17(22)16(21)12-15(20)13-19-8-6-5-7-9-19/h12,14,22H,3-11,13H2,1-2H3. The van der Waals surface area contributed by atoms with E-state index in [0.717, 1.165) is 51.5 Å². The third-order valence-corrected chi connectivity index (χ3v) is 4.58. The van der Waals surface area contributed by atoms with Gasteiger partial charge in [-0.25, -0.2) is 0 Å². The van der Waals surface area contributed by atoms with Gasteiger partial charge in [-0.1, -0.05) is 20.3 Å². The van der Waals surface area contributed by atoms with Crippen LogP contribution < -0.4 is 5.43 Å². The van der Waals surface area contributed by atoms with E-state index in [1.165, 1.54) is 19.3 Å². The van der Waals surface area contributed by atoms with E-state index in [1.54, 1.807) is 12.3 Å². The van der Waals surface area contributed by atoms with Crippen molar-refractivity contribution in [2.75, 3.05) is 32.7 Å². The Balaban J connectivity index is 2.11. The second-order valence-corrected chi connectivity index (χ2v) is 6.07. The first kappa shape index (κ1) is 17.0. The molecule has 0 radical (unpaired) electrons. The molecule has 2 heterocycles. The molecule has 0 saturated carbocycles. The van der Waals surface area contributed by atoms with Crippen LogP contribution in [0.3, 0.4) is 0 Å². The molecule has 0 amide bonds. The molecule has 0 atom stereocenters. The maximum absolute atomic E-state index is 11.8. The van der Waals surface area contributed by atoms with Gasteiger partial charge in [-0.2, -0.15) is 0 Å². The average molecular weight is 307 g/mol. The van der Waals surface area contributed by atoms with Gasteiger partial charge in [-0.3, -0.25) is 9.69 Å². The summed E-state index contributed by atoms with van der Waals surface area (Å²) < 4.78 is 2.05. The van der Waals surface area contributed by atoms with Gasteiger partial charge in [0.15, 0.2) is 5.75 Å². The summed E-state index contributed by atoms with van der Waals surface area (Å²) in [5, 5.41) is 9.75. The van der Waals surface area contributed by atoms with Crippen molar-refractivity contribution in [3.8, 4) is 5.75 Å². The lowest BCUT2D eigenvalue weighted by Gasteiger charge is -2.28. The highest BCUT2D eigenvalue weighted by Crippen LogP contribution is 2.14. The third-order valence-electron chi connectivity index (χ3n) is 4.58. The number of likely N-dealkylation sites (N-methyl/N-ethyl adjacent to an activating group) is 1. The van der Waals surface area contributed by atoms with Crippen molar-refractivity contribution in [3.05, 3.63) is 28.2 Å². The van der Waals surface area contributed by atoms with Crippen molar-refractivity contribution in [1.82, 2.24) is 14.4 Å². The van der Waals surface area contributed by atoms with Crippen LogP contribution in [0.1, 0.15) is 38.8 Å². The molecule has 0 aliphatic carbocycles. The predicted molar refractivity (Wildman–Crippen MR) is 89.3 cm³/mol. The van der Waals surface area contributed by atoms with Crippen LogP contribution in [0.2, 0.25) is 0 Å². The molecule has 1 N–H and O–H groups in total. The summed E-state index contributed by atoms with van der Waals surface area (Å²) in [7, 11) is 0. The summed E-state index contributed by atoms with van der Waals surface area (Å²) >= 11 is 0. The number of hydrogen-bond donors (Lipinski definition) is 1. The summed E-state index contributed by atoms with van der Waals surface area (Å²) in [5.41, 5.74) is 0.739. The van der Waals surface area contributed by atoms with Gasteiger partial charge in [0, 0.05) is 31.4 Å². The smallest absolute Gasteiger partial charge is 0.223 e. The molecule has 124 valence electrons.